The summed E-state index contributed by atoms with van der Waals surface area (Å²) in [5.74, 6) is -2.29. The van der Waals surface area contributed by atoms with Crippen LogP contribution in [0.15, 0.2) is 18.3 Å². The summed E-state index contributed by atoms with van der Waals surface area (Å²) in [5.41, 5.74) is 5.18. The van der Waals surface area contributed by atoms with Crippen molar-refractivity contribution in [2.45, 2.75) is 43.9 Å². The number of nitriles is 1. The van der Waals surface area contributed by atoms with Crippen LogP contribution in [0, 0.1) is 17.2 Å². The fraction of sp³-hybridized carbons (Fsp3) is 0.667. The van der Waals surface area contributed by atoms with Crippen molar-refractivity contribution >= 4 is 17.6 Å². The molecule has 3 atom stereocenters. The molecule has 0 bridgehead atoms. The van der Waals surface area contributed by atoms with E-state index in [2.05, 4.69) is 20.7 Å². The van der Waals surface area contributed by atoms with E-state index in [1.807, 2.05) is 17.0 Å². The molecule has 2 unspecified atom stereocenters. The van der Waals surface area contributed by atoms with E-state index in [-0.39, 0.29) is 25.1 Å². The van der Waals surface area contributed by atoms with E-state index in [0.717, 1.165) is 12.2 Å². The minimum atomic E-state index is -4.62. The zero-order chi connectivity index (χ0) is 26.4. The summed E-state index contributed by atoms with van der Waals surface area (Å²) >= 11 is 0. The molecule has 202 valence electrons. The average molecular weight is 524 g/mol. The molecule has 3 saturated heterocycles. The smallest absolute Gasteiger partial charge is 0.380 e. The first-order chi connectivity index (χ1) is 17.8. The Morgan fingerprint density at radius 1 is 1.22 bits per heavy atom. The predicted molar refractivity (Wildman–Crippen MR) is 127 cm³/mol. The van der Waals surface area contributed by atoms with Crippen molar-refractivity contribution in [3.05, 3.63) is 23.9 Å². The van der Waals surface area contributed by atoms with Gasteiger partial charge in [0.1, 0.15) is 11.9 Å². The highest BCUT2D eigenvalue weighted by molar-refractivity contribution is 5.80. The van der Waals surface area contributed by atoms with Crippen molar-refractivity contribution in [1.29, 1.82) is 5.26 Å². The van der Waals surface area contributed by atoms with Gasteiger partial charge in [-0.3, -0.25) is 19.9 Å². The monoisotopic (exact) mass is 523 g/mol. The number of ether oxygens (including phenoxy) is 1. The van der Waals surface area contributed by atoms with Crippen LogP contribution in [0.4, 0.5) is 19.0 Å². The summed E-state index contributed by atoms with van der Waals surface area (Å²) in [5, 5.41) is 8.89. The molecule has 4 heterocycles. The molecule has 4 rings (SSSR count). The number of anilines is 1. The molecule has 0 radical (unpaired) electrons. The molecule has 37 heavy (non-hydrogen) atoms. The van der Waals surface area contributed by atoms with Gasteiger partial charge in [0.15, 0.2) is 5.92 Å². The first-order valence-corrected chi connectivity index (χ1v) is 12.6. The van der Waals surface area contributed by atoms with Crippen molar-refractivity contribution < 1.29 is 27.5 Å². The number of rotatable bonds is 8. The topological polar surface area (TPSA) is 114 Å². The van der Waals surface area contributed by atoms with Crippen LogP contribution in [0.25, 0.3) is 0 Å². The van der Waals surface area contributed by atoms with Crippen molar-refractivity contribution in [2.24, 2.45) is 5.92 Å². The second-order valence-corrected chi connectivity index (χ2v) is 9.55. The maximum absolute atomic E-state index is 13.5. The van der Waals surface area contributed by atoms with Gasteiger partial charge < -0.3 is 14.5 Å². The Morgan fingerprint density at radius 2 is 2.00 bits per heavy atom. The van der Waals surface area contributed by atoms with Crippen LogP contribution in [0.1, 0.15) is 31.2 Å². The van der Waals surface area contributed by atoms with E-state index in [0.29, 0.717) is 64.2 Å². The lowest BCUT2D eigenvalue weighted by atomic mass is 9.94. The summed E-state index contributed by atoms with van der Waals surface area (Å²) < 4.78 is 46.4. The molecule has 3 aliphatic rings. The molecule has 3 fully saturated rings. The van der Waals surface area contributed by atoms with Gasteiger partial charge in [-0.15, -0.1) is 0 Å². The van der Waals surface area contributed by atoms with E-state index >= 15 is 0 Å². The Kier molecular flexibility index (Phi) is 8.83. The standard InChI is InChI=1S/C24H32F3N7O3/c25-24(26,27)22-19(15-30-31-23(22)36)34-7-1-3-18(34)16-37-12-2-4-21(35)33-10-8-32(9-11-33)20-6-5-17(13-28)14-29-20/h5-6,14,18-19,22,30H,1-4,7-12,15-16H2,(H,31,36)/t18-,19?,22?/m0/s1. The highest BCUT2D eigenvalue weighted by Crippen LogP contribution is 2.35. The predicted octanol–water partition coefficient (Wildman–Crippen LogP) is 1.04. The number of hydrazine groups is 1. The van der Waals surface area contributed by atoms with Crippen molar-refractivity contribution in [3.8, 4) is 6.07 Å². The molecule has 10 nitrogen and oxygen atoms in total. The Balaban J connectivity index is 1.16. The lowest BCUT2D eigenvalue weighted by Gasteiger charge is -2.40. The Morgan fingerprint density at radius 3 is 2.68 bits per heavy atom. The van der Waals surface area contributed by atoms with Gasteiger partial charge in [0.2, 0.25) is 11.8 Å². The summed E-state index contributed by atoms with van der Waals surface area (Å²) in [6.45, 7) is 3.61. The van der Waals surface area contributed by atoms with Gasteiger partial charge in [0.05, 0.1) is 12.2 Å². The third-order valence-corrected chi connectivity index (χ3v) is 7.21. The van der Waals surface area contributed by atoms with Gasteiger partial charge >= 0.3 is 6.18 Å². The summed E-state index contributed by atoms with van der Waals surface area (Å²) in [6, 6.07) is 4.42. The number of carbonyl (C=O) groups excluding carboxylic acids is 2. The first-order valence-electron chi connectivity index (χ1n) is 12.6. The second-order valence-electron chi connectivity index (χ2n) is 9.55. The Hall–Kier alpha value is -2.95. The van der Waals surface area contributed by atoms with Crippen molar-refractivity contribution in [3.63, 3.8) is 0 Å². The summed E-state index contributed by atoms with van der Waals surface area (Å²) in [6.07, 6.45) is -0.753. The number of nitrogens with zero attached hydrogens (tertiary/aromatic N) is 5. The minimum absolute atomic E-state index is 0.0232. The van der Waals surface area contributed by atoms with E-state index < -0.39 is 24.0 Å². The van der Waals surface area contributed by atoms with E-state index in [1.165, 1.54) is 6.20 Å². The quantitative estimate of drug-likeness (QED) is 0.486. The number of aromatic nitrogens is 1. The first kappa shape index (κ1) is 27.1. The molecule has 13 heteroatoms. The number of alkyl halides is 3. The zero-order valence-corrected chi connectivity index (χ0v) is 20.5. The largest absolute Gasteiger partial charge is 0.402 e. The molecule has 0 spiro atoms. The number of pyridine rings is 1. The van der Waals surface area contributed by atoms with Gasteiger partial charge in [0.25, 0.3) is 0 Å². The number of carbonyl (C=O) groups is 2. The van der Waals surface area contributed by atoms with Crippen LogP contribution in [-0.2, 0) is 14.3 Å². The highest BCUT2D eigenvalue weighted by atomic mass is 19.4. The second kappa shape index (κ2) is 12.1. The molecular formula is C24H32F3N7O3. The third kappa shape index (κ3) is 6.68. The molecule has 2 N–H and O–H groups in total. The van der Waals surface area contributed by atoms with Crippen LogP contribution in [0.3, 0.4) is 0 Å². The van der Waals surface area contributed by atoms with Crippen molar-refractivity contribution in [1.82, 2.24) is 25.6 Å². The van der Waals surface area contributed by atoms with Crippen LogP contribution >= 0.6 is 0 Å². The maximum Gasteiger partial charge on any atom is 0.402 e. The lowest BCUT2D eigenvalue weighted by molar-refractivity contribution is -0.201. The number of nitrogens with one attached hydrogen (secondary N) is 2. The van der Waals surface area contributed by atoms with Crippen LogP contribution in [-0.4, -0.2) is 97.3 Å². The summed E-state index contributed by atoms with van der Waals surface area (Å²) in [4.78, 5) is 34.5. The maximum atomic E-state index is 13.5. The van der Waals surface area contributed by atoms with Gasteiger partial charge in [-0.1, -0.05) is 0 Å². The van der Waals surface area contributed by atoms with E-state index in [4.69, 9.17) is 10.00 Å². The zero-order valence-electron chi connectivity index (χ0n) is 20.5. The van der Waals surface area contributed by atoms with E-state index in [1.54, 1.807) is 11.0 Å². The van der Waals surface area contributed by atoms with Crippen LogP contribution in [0.5, 0.6) is 0 Å². The molecule has 3 aliphatic heterocycles. The molecular weight excluding hydrogens is 491 g/mol. The molecule has 0 aromatic carbocycles. The Labute approximate surface area is 213 Å². The molecule has 0 saturated carbocycles. The van der Waals surface area contributed by atoms with Gasteiger partial charge in [-0.05, 0) is 37.9 Å². The van der Waals surface area contributed by atoms with Gasteiger partial charge in [-0.2, -0.15) is 18.4 Å². The molecule has 2 amide bonds. The number of halogens is 3. The highest BCUT2D eigenvalue weighted by Gasteiger charge is 2.54. The average Bonchev–Trinajstić information content (AvgIpc) is 3.36. The number of hydrogen-bond acceptors (Lipinski definition) is 8. The Bertz CT molecular complexity index is 977. The van der Waals surface area contributed by atoms with Crippen LogP contribution < -0.4 is 15.8 Å². The normalized spacial score (nSPS) is 25.1. The number of piperazine rings is 1. The molecule has 1 aromatic rings. The third-order valence-electron chi connectivity index (χ3n) is 7.21. The number of amides is 2. The fourth-order valence-corrected chi connectivity index (χ4v) is 5.29. The SMILES string of the molecule is N#Cc1ccc(N2CCN(C(=O)CCCOC[C@@H]3CCCN3C3CNNC(=O)C3C(F)(F)F)CC2)nc1. The molecule has 0 aliphatic carbocycles. The lowest BCUT2D eigenvalue weighted by Crippen LogP contribution is -2.65. The van der Waals surface area contributed by atoms with Crippen molar-refractivity contribution in [2.75, 3.05) is 57.4 Å². The molecule has 1 aromatic heterocycles. The number of hydrogen-bond donors (Lipinski definition) is 2. The van der Waals surface area contributed by atoms with Gasteiger partial charge in [-0.25, -0.2) is 10.4 Å². The van der Waals surface area contributed by atoms with Crippen LogP contribution in [0.2, 0.25) is 0 Å². The fourth-order valence-electron chi connectivity index (χ4n) is 5.29. The van der Waals surface area contributed by atoms with Gasteiger partial charge in [0, 0.05) is 64.0 Å². The minimum Gasteiger partial charge on any atom is -0.380 e. The number of likely N-dealkylation sites (tertiary alicyclic amines) is 1. The van der Waals surface area contributed by atoms with E-state index in [9.17, 15) is 22.8 Å². The summed E-state index contributed by atoms with van der Waals surface area (Å²) in [7, 11) is 0.